The van der Waals surface area contributed by atoms with Crippen molar-refractivity contribution in [1.82, 2.24) is 0 Å². The third-order valence-electron chi connectivity index (χ3n) is 1.81. The Hall–Kier alpha value is -0.460. The summed E-state index contributed by atoms with van der Waals surface area (Å²) in [5, 5.41) is 0. The van der Waals surface area contributed by atoms with Crippen LogP contribution in [-0.4, -0.2) is 8.42 Å². The second kappa shape index (κ2) is 4.43. The van der Waals surface area contributed by atoms with Crippen LogP contribution < -0.4 is 0 Å². The van der Waals surface area contributed by atoms with E-state index in [1.54, 1.807) is 0 Å². The Balaban J connectivity index is 3.45. The van der Waals surface area contributed by atoms with Crippen molar-refractivity contribution in [1.29, 1.82) is 0 Å². The van der Waals surface area contributed by atoms with E-state index in [1.165, 1.54) is 0 Å². The molecule has 8 heteroatoms. The molecule has 16 heavy (non-hydrogen) atoms. The maximum atomic E-state index is 12.5. The average molecular weight is 293 g/mol. The van der Waals surface area contributed by atoms with Crippen LogP contribution in [0.2, 0.25) is 0 Å². The van der Waals surface area contributed by atoms with E-state index in [4.69, 9.17) is 22.3 Å². The highest BCUT2D eigenvalue weighted by Gasteiger charge is 2.34. The molecule has 0 aliphatic heterocycles. The molecule has 0 unspecified atom stereocenters. The molecule has 1 aromatic carbocycles. The SMILES string of the molecule is O=S(=O)(Cl)c1ccc(CCl)c(C(F)(F)F)c1. The van der Waals surface area contributed by atoms with Gasteiger partial charge in [0.2, 0.25) is 0 Å². The van der Waals surface area contributed by atoms with Crippen molar-refractivity contribution in [3.05, 3.63) is 29.3 Å². The number of benzene rings is 1. The number of alkyl halides is 4. The molecule has 0 radical (unpaired) electrons. The van der Waals surface area contributed by atoms with Gasteiger partial charge < -0.3 is 0 Å². The summed E-state index contributed by atoms with van der Waals surface area (Å²) in [5.41, 5.74) is -1.29. The second-order valence-electron chi connectivity index (χ2n) is 2.89. The van der Waals surface area contributed by atoms with Gasteiger partial charge in [-0.2, -0.15) is 13.2 Å². The molecular weight excluding hydrogens is 288 g/mol. The number of halogens is 5. The van der Waals surface area contributed by atoms with Gasteiger partial charge in [-0.3, -0.25) is 0 Å². The molecular formula is C8H5Cl2F3O2S. The smallest absolute Gasteiger partial charge is 0.207 e. The van der Waals surface area contributed by atoms with E-state index in [2.05, 4.69) is 0 Å². The molecule has 2 nitrogen and oxygen atoms in total. The number of hydrogen-bond donors (Lipinski definition) is 0. The first-order valence-corrected chi connectivity index (χ1v) is 6.71. The maximum absolute atomic E-state index is 12.5. The largest absolute Gasteiger partial charge is 0.416 e. The molecule has 1 rings (SSSR count). The van der Waals surface area contributed by atoms with E-state index in [9.17, 15) is 21.6 Å². The third kappa shape index (κ3) is 3.02. The first-order chi connectivity index (χ1) is 7.16. The zero-order valence-corrected chi connectivity index (χ0v) is 9.88. The minimum absolute atomic E-state index is 0.196. The first kappa shape index (κ1) is 13.6. The molecule has 0 aliphatic rings. The van der Waals surface area contributed by atoms with Gasteiger partial charge >= 0.3 is 6.18 Å². The Morgan fingerprint density at radius 2 is 1.81 bits per heavy atom. The highest BCUT2D eigenvalue weighted by atomic mass is 35.7. The van der Waals surface area contributed by atoms with E-state index < -0.39 is 25.7 Å². The summed E-state index contributed by atoms with van der Waals surface area (Å²) in [7, 11) is 0.767. The van der Waals surface area contributed by atoms with E-state index >= 15 is 0 Å². The fourth-order valence-electron chi connectivity index (χ4n) is 1.09. The molecule has 0 saturated carbocycles. The van der Waals surface area contributed by atoms with Crippen molar-refractivity contribution < 1.29 is 21.6 Å². The van der Waals surface area contributed by atoms with Crippen molar-refractivity contribution in [3.8, 4) is 0 Å². The Labute approximate surface area is 99.4 Å². The van der Waals surface area contributed by atoms with Gasteiger partial charge in [0.1, 0.15) is 0 Å². The van der Waals surface area contributed by atoms with Crippen LogP contribution in [0.4, 0.5) is 13.2 Å². The van der Waals surface area contributed by atoms with E-state index in [0.29, 0.717) is 6.07 Å². The number of rotatable bonds is 2. The van der Waals surface area contributed by atoms with Gasteiger partial charge in [0.05, 0.1) is 10.5 Å². The summed E-state index contributed by atoms with van der Waals surface area (Å²) < 4.78 is 59.3. The Morgan fingerprint density at radius 1 is 1.25 bits per heavy atom. The van der Waals surface area contributed by atoms with Gasteiger partial charge in [0, 0.05) is 16.6 Å². The Kier molecular flexibility index (Phi) is 3.76. The van der Waals surface area contributed by atoms with E-state index in [0.717, 1.165) is 12.1 Å². The third-order valence-corrected chi connectivity index (χ3v) is 3.45. The van der Waals surface area contributed by atoms with Gasteiger partial charge in [-0.05, 0) is 17.7 Å². The summed E-state index contributed by atoms with van der Waals surface area (Å²) in [6.07, 6.45) is -4.66. The lowest BCUT2D eigenvalue weighted by atomic mass is 10.1. The molecule has 0 fully saturated rings. The molecule has 90 valence electrons. The lowest BCUT2D eigenvalue weighted by Crippen LogP contribution is -2.09. The van der Waals surface area contributed by atoms with E-state index in [1.807, 2.05) is 0 Å². The van der Waals surface area contributed by atoms with Crippen molar-refractivity contribution >= 4 is 31.3 Å². The van der Waals surface area contributed by atoms with Gasteiger partial charge in [-0.25, -0.2) is 8.42 Å². The Bertz CT molecular complexity index is 496. The minimum Gasteiger partial charge on any atom is -0.207 e. The second-order valence-corrected chi connectivity index (χ2v) is 5.72. The molecule has 0 aliphatic carbocycles. The molecule has 0 N–H and O–H groups in total. The van der Waals surface area contributed by atoms with Crippen LogP contribution in [0.5, 0.6) is 0 Å². The summed E-state index contributed by atoms with van der Waals surface area (Å²) >= 11 is 5.32. The van der Waals surface area contributed by atoms with Crippen LogP contribution in [-0.2, 0) is 21.1 Å². The molecule has 0 heterocycles. The van der Waals surface area contributed by atoms with Crippen LogP contribution in [0, 0.1) is 0 Å². The van der Waals surface area contributed by atoms with Crippen LogP contribution in [0.15, 0.2) is 23.1 Å². The fraction of sp³-hybridized carbons (Fsp3) is 0.250. The predicted octanol–water partition coefficient (Wildman–Crippen LogP) is 3.37. The molecule has 1 aromatic rings. The molecule has 0 atom stereocenters. The fourth-order valence-corrected chi connectivity index (χ4v) is 2.10. The summed E-state index contributed by atoms with van der Waals surface area (Å²) in [6, 6.07) is 2.44. The normalized spacial score (nSPS) is 12.8. The molecule has 0 aromatic heterocycles. The van der Waals surface area contributed by atoms with Gasteiger partial charge in [0.25, 0.3) is 9.05 Å². The lowest BCUT2D eigenvalue weighted by Gasteiger charge is -2.11. The van der Waals surface area contributed by atoms with Crippen molar-refractivity contribution in [2.24, 2.45) is 0 Å². The van der Waals surface area contributed by atoms with Crippen LogP contribution in [0.25, 0.3) is 0 Å². The molecule has 0 bridgehead atoms. The number of hydrogen-bond acceptors (Lipinski definition) is 2. The summed E-state index contributed by atoms with van der Waals surface area (Å²) in [6.45, 7) is 0. The zero-order valence-electron chi connectivity index (χ0n) is 7.55. The maximum Gasteiger partial charge on any atom is 0.416 e. The van der Waals surface area contributed by atoms with Crippen LogP contribution >= 0.6 is 22.3 Å². The minimum atomic E-state index is -4.66. The predicted molar refractivity (Wildman–Crippen MR) is 54.0 cm³/mol. The topological polar surface area (TPSA) is 34.1 Å². The van der Waals surface area contributed by atoms with Crippen molar-refractivity contribution in [2.75, 3.05) is 0 Å². The summed E-state index contributed by atoms with van der Waals surface area (Å²) in [5.74, 6) is -0.364. The lowest BCUT2D eigenvalue weighted by molar-refractivity contribution is -0.138. The molecule has 0 saturated heterocycles. The highest BCUT2D eigenvalue weighted by molar-refractivity contribution is 8.13. The van der Waals surface area contributed by atoms with Crippen LogP contribution in [0.3, 0.4) is 0 Å². The van der Waals surface area contributed by atoms with Gasteiger partial charge in [0.15, 0.2) is 0 Å². The Morgan fingerprint density at radius 3 is 2.19 bits per heavy atom. The average Bonchev–Trinajstić information content (AvgIpc) is 2.14. The highest BCUT2D eigenvalue weighted by Crippen LogP contribution is 2.34. The first-order valence-electron chi connectivity index (χ1n) is 3.87. The molecule has 0 amide bonds. The van der Waals surface area contributed by atoms with Crippen LogP contribution in [0.1, 0.15) is 11.1 Å². The van der Waals surface area contributed by atoms with Crippen molar-refractivity contribution in [3.63, 3.8) is 0 Å². The summed E-state index contributed by atoms with van der Waals surface area (Å²) in [4.78, 5) is -0.602. The van der Waals surface area contributed by atoms with E-state index in [-0.39, 0.29) is 11.4 Å². The van der Waals surface area contributed by atoms with Gasteiger partial charge in [-0.1, -0.05) is 6.07 Å². The van der Waals surface area contributed by atoms with Gasteiger partial charge in [-0.15, -0.1) is 11.6 Å². The monoisotopic (exact) mass is 292 g/mol. The quantitative estimate of drug-likeness (QED) is 0.619. The van der Waals surface area contributed by atoms with Crippen molar-refractivity contribution in [2.45, 2.75) is 17.0 Å². The standard InChI is InChI=1S/C8H5Cl2F3O2S/c9-4-5-1-2-6(16(10,14)15)3-7(5)8(11,12)13/h1-3H,4H2. The zero-order chi connectivity index (χ0) is 12.6. The molecule has 0 spiro atoms.